The number of methoxy groups -OCH3 is 1. The molecule has 7 heteroatoms. The van der Waals surface area contributed by atoms with Crippen molar-refractivity contribution in [2.24, 2.45) is 5.73 Å². The van der Waals surface area contributed by atoms with E-state index in [1.807, 2.05) is 6.92 Å². The zero-order chi connectivity index (χ0) is 10.6. The third-order valence-corrected chi connectivity index (χ3v) is 3.44. The second-order valence-electron chi connectivity index (χ2n) is 2.55. The highest BCUT2D eigenvalue weighted by Gasteiger charge is 2.14. The molecule has 0 amide bonds. The molecule has 14 heavy (non-hydrogen) atoms. The van der Waals surface area contributed by atoms with Gasteiger partial charge in [0, 0.05) is 5.75 Å². The molecule has 5 nitrogen and oxygen atoms in total. The summed E-state index contributed by atoms with van der Waals surface area (Å²) in [4.78, 5) is 15.1. The lowest BCUT2D eigenvalue weighted by molar-refractivity contribution is -0.141. The first kappa shape index (κ1) is 11.4. The third-order valence-electron chi connectivity index (χ3n) is 1.40. The van der Waals surface area contributed by atoms with E-state index < -0.39 is 12.0 Å². The van der Waals surface area contributed by atoms with Crippen LogP contribution in [0.25, 0.3) is 0 Å². The molecule has 0 aliphatic rings. The van der Waals surface area contributed by atoms with Gasteiger partial charge in [-0.15, -0.1) is 0 Å². The van der Waals surface area contributed by atoms with E-state index >= 15 is 0 Å². The largest absolute Gasteiger partial charge is 0.468 e. The van der Waals surface area contributed by atoms with Gasteiger partial charge in [0.25, 0.3) is 0 Å². The number of ether oxygens (including phenoxy) is 1. The van der Waals surface area contributed by atoms with Gasteiger partial charge in [-0.05, 0) is 18.5 Å². The first-order valence-electron chi connectivity index (χ1n) is 3.90. The van der Waals surface area contributed by atoms with E-state index in [0.717, 1.165) is 10.2 Å². The van der Waals surface area contributed by atoms with E-state index in [1.54, 1.807) is 0 Å². The topological polar surface area (TPSA) is 78.1 Å². The van der Waals surface area contributed by atoms with Crippen molar-refractivity contribution in [1.29, 1.82) is 0 Å². The second kappa shape index (κ2) is 5.28. The minimum atomic E-state index is -0.603. The Morgan fingerprint density at radius 2 is 2.50 bits per heavy atom. The fraction of sp³-hybridized carbons (Fsp3) is 0.571. The Kier molecular flexibility index (Phi) is 4.30. The summed E-state index contributed by atoms with van der Waals surface area (Å²) in [7, 11) is 1.32. The third kappa shape index (κ3) is 3.24. The number of nitrogens with zero attached hydrogens (tertiary/aromatic N) is 2. The molecule has 1 atom stereocenters. The van der Waals surface area contributed by atoms with Gasteiger partial charge in [0.15, 0.2) is 4.34 Å². The number of esters is 1. The SMILES string of the molecule is COC(=O)C(N)CSc1nc(C)ns1. The van der Waals surface area contributed by atoms with E-state index in [1.165, 1.54) is 30.4 Å². The van der Waals surface area contributed by atoms with Crippen molar-refractivity contribution in [3.05, 3.63) is 5.82 Å². The maximum Gasteiger partial charge on any atom is 0.323 e. The van der Waals surface area contributed by atoms with Gasteiger partial charge >= 0.3 is 5.97 Å². The van der Waals surface area contributed by atoms with Gasteiger partial charge in [-0.25, -0.2) is 4.98 Å². The highest BCUT2D eigenvalue weighted by molar-refractivity contribution is 8.01. The Morgan fingerprint density at radius 1 is 1.79 bits per heavy atom. The average Bonchev–Trinajstić information content (AvgIpc) is 2.59. The normalized spacial score (nSPS) is 12.5. The van der Waals surface area contributed by atoms with Crippen molar-refractivity contribution in [2.75, 3.05) is 12.9 Å². The summed E-state index contributed by atoms with van der Waals surface area (Å²) in [5.41, 5.74) is 5.54. The number of rotatable bonds is 4. The van der Waals surface area contributed by atoms with Crippen LogP contribution in [-0.4, -0.2) is 34.2 Å². The van der Waals surface area contributed by atoms with Gasteiger partial charge in [-0.3, -0.25) is 4.79 Å². The smallest absolute Gasteiger partial charge is 0.323 e. The van der Waals surface area contributed by atoms with Crippen LogP contribution in [0.3, 0.4) is 0 Å². The molecule has 0 aromatic carbocycles. The monoisotopic (exact) mass is 233 g/mol. The first-order chi connectivity index (χ1) is 6.63. The van der Waals surface area contributed by atoms with Crippen molar-refractivity contribution in [3.63, 3.8) is 0 Å². The van der Waals surface area contributed by atoms with Crippen LogP contribution in [0, 0.1) is 6.92 Å². The van der Waals surface area contributed by atoms with Crippen LogP contribution >= 0.6 is 23.3 Å². The van der Waals surface area contributed by atoms with E-state index in [9.17, 15) is 4.79 Å². The Labute approximate surface area is 90.2 Å². The molecule has 1 heterocycles. The molecule has 1 rings (SSSR count). The molecular formula is C7H11N3O2S2. The molecule has 2 N–H and O–H groups in total. The predicted octanol–water partition coefficient (Wildman–Crippen LogP) is 0.439. The summed E-state index contributed by atoms with van der Waals surface area (Å²) in [6.45, 7) is 1.82. The van der Waals surface area contributed by atoms with Gasteiger partial charge in [-0.2, -0.15) is 4.37 Å². The lowest BCUT2D eigenvalue weighted by Gasteiger charge is -2.06. The van der Waals surface area contributed by atoms with Gasteiger partial charge < -0.3 is 10.5 Å². The molecule has 78 valence electrons. The van der Waals surface area contributed by atoms with Crippen molar-refractivity contribution in [3.8, 4) is 0 Å². The average molecular weight is 233 g/mol. The molecule has 0 saturated carbocycles. The molecule has 0 spiro atoms. The van der Waals surface area contributed by atoms with E-state index in [4.69, 9.17) is 5.73 Å². The molecule has 0 aliphatic carbocycles. The van der Waals surface area contributed by atoms with Gasteiger partial charge in [0.2, 0.25) is 0 Å². The van der Waals surface area contributed by atoms with Crippen LogP contribution in [0.2, 0.25) is 0 Å². The summed E-state index contributed by atoms with van der Waals surface area (Å²) in [5.74, 6) is 0.796. The molecule has 0 bridgehead atoms. The Balaban J connectivity index is 2.37. The number of carbonyl (C=O) groups excluding carboxylic acids is 1. The second-order valence-corrected chi connectivity index (χ2v) is 4.57. The summed E-state index contributed by atoms with van der Waals surface area (Å²) in [6.07, 6.45) is 0. The van der Waals surface area contributed by atoms with Crippen LogP contribution in [0.5, 0.6) is 0 Å². The summed E-state index contributed by atoms with van der Waals surface area (Å²) < 4.78 is 9.33. The lowest BCUT2D eigenvalue weighted by atomic mass is 10.4. The number of nitrogens with two attached hydrogens (primary N) is 1. The van der Waals surface area contributed by atoms with E-state index in [-0.39, 0.29) is 0 Å². The predicted molar refractivity (Wildman–Crippen MR) is 55.4 cm³/mol. The highest BCUT2D eigenvalue weighted by atomic mass is 32.2. The zero-order valence-corrected chi connectivity index (χ0v) is 9.52. The Bertz CT molecular complexity index is 316. The van der Waals surface area contributed by atoms with Crippen LogP contribution in [0.1, 0.15) is 5.82 Å². The van der Waals surface area contributed by atoms with Crippen LogP contribution in [0.15, 0.2) is 4.34 Å². The Morgan fingerprint density at radius 3 is 3.00 bits per heavy atom. The maximum atomic E-state index is 10.9. The van der Waals surface area contributed by atoms with Gasteiger partial charge in [0.05, 0.1) is 7.11 Å². The van der Waals surface area contributed by atoms with E-state index in [0.29, 0.717) is 5.75 Å². The molecule has 1 unspecified atom stereocenters. The van der Waals surface area contributed by atoms with Crippen molar-refractivity contribution in [1.82, 2.24) is 9.36 Å². The lowest BCUT2D eigenvalue weighted by Crippen LogP contribution is -2.33. The molecule has 0 saturated heterocycles. The molecule has 0 fully saturated rings. The van der Waals surface area contributed by atoms with Crippen LogP contribution in [0.4, 0.5) is 0 Å². The minimum Gasteiger partial charge on any atom is -0.468 e. The summed E-state index contributed by atoms with van der Waals surface area (Å²) in [5, 5.41) is 0. The molecule has 1 aromatic rings. The molecule has 0 radical (unpaired) electrons. The molecule has 0 aliphatic heterocycles. The standard InChI is InChI=1S/C7H11N3O2S2/c1-4-9-7(14-10-4)13-3-5(8)6(11)12-2/h5H,3,8H2,1-2H3. The first-order valence-corrected chi connectivity index (χ1v) is 5.66. The number of hydrogen-bond donors (Lipinski definition) is 1. The van der Waals surface area contributed by atoms with Crippen molar-refractivity contribution < 1.29 is 9.53 Å². The highest BCUT2D eigenvalue weighted by Crippen LogP contribution is 2.20. The Hall–Kier alpha value is -0.660. The number of hydrogen-bond acceptors (Lipinski definition) is 7. The molecule has 1 aromatic heterocycles. The number of thioether (sulfide) groups is 1. The van der Waals surface area contributed by atoms with Gasteiger partial charge in [0.1, 0.15) is 11.9 Å². The fourth-order valence-corrected chi connectivity index (χ4v) is 2.32. The molecular weight excluding hydrogens is 222 g/mol. The quantitative estimate of drug-likeness (QED) is 0.600. The number of aryl methyl sites for hydroxylation is 1. The van der Waals surface area contributed by atoms with Crippen molar-refractivity contribution >= 4 is 29.3 Å². The van der Waals surface area contributed by atoms with Crippen LogP contribution < -0.4 is 5.73 Å². The van der Waals surface area contributed by atoms with Crippen LogP contribution in [-0.2, 0) is 9.53 Å². The van der Waals surface area contributed by atoms with Gasteiger partial charge in [-0.1, -0.05) is 11.8 Å². The zero-order valence-electron chi connectivity index (χ0n) is 7.89. The van der Waals surface area contributed by atoms with Crippen molar-refractivity contribution in [2.45, 2.75) is 17.3 Å². The fourth-order valence-electron chi connectivity index (χ4n) is 0.717. The summed E-state index contributed by atoms with van der Waals surface area (Å²) >= 11 is 2.72. The maximum absolute atomic E-state index is 10.9. The summed E-state index contributed by atoms with van der Waals surface area (Å²) in [6, 6.07) is -0.603. The van der Waals surface area contributed by atoms with E-state index in [2.05, 4.69) is 14.1 Å². The minimum absolute atomic E-state index is 0.404. The number of aromatic nitrogens is 2. The number of carbonyl (C=O) groups is 1.